The first kappa shape index (κ1) is 16.7. The number of ether oxygens (including phenoxy) is 1. The molecule has 6 heteroatoms. The van der Waals surface area contributed by atoms with Gasteiger partial charge in [0.15, 0.2) is 5.65 Å². The first-order valence-electron chi connectivity index (χ1n) is 8.35. The van der Waals surface area contributed by atoms with Crippen molar-refractivity contribution in [2.45, 2.75) is 13.8 Å². The van der Waals surface area contributed by atoms with Crippen LogP contribution in [0, 0.1) is 31.0 Å². The maximum atomic E-state index is 13.2. The maximum absolute atomic E-state index is 13.2. The summed E-state index contributed by atoms with van der Waals surface area (Å²) in [5.74, 6) is 0.853. The summed E-state index contributed by atoms with van der Waals surface area (Å²) in [5.41, 5.74) is 4.35. The van der Waals surface area contributed by atoms with Crippen molar-refractivity contribution in [3.05, 3.63) is 77.2 Å². The second kappa shape index (κ2) is 6.54. The van der Waals surface area contributed by atoms with Crippen molar-refractivity contribution < 1.29 is 9.13 Å². The van der Waals surface area contributed by atoms with Crippen LogP contribution in [0.5, 0.6) is 11.6 Å². The Morgan fingerprint density at radius 2 is 1.74 bits per heavy atom. The van der Waals surface area contributed by atoms with Crippen LogP contribution in [0.3, 0.4) is 0 Å². The van der Waals surface area contributed by atoms with Crippen LogP contribution in [-0.4, -0.2) is 14.6 Å². The van der Waals surface area contributed by atoms with Crippen LogP contribution >= 0.6 is 0 Å². The summed E-state index contributed by atoms with van der Waals surface area (Å²) in [6, 6.07) is 15.4. The van der Waals surface area contributed by atoms with E-state index in [0.717, 1.165) is 16.7 Å². The average molecular weight is 358 g/mol. The molecule has 0 saturated carbocycles. The molecule has 0 radical (unpaired) electrons. The lowest BCUT2D eigenvalue weighted by Gasteiger charge is -2.14. The fourth-order valence-corrected chi connectivity index (χ4v) is 3.01. The van der Waals surface area contributed by atoms with E-state index in [4.69, 9.17) is 10.00 Å². The highest BCUT2D eigenvalue weighted by Gasteiger charge is 2.13. The van der Waals surface area contributed by atoms with Gasteiger partial charge in [0.1, 0.15) is 11.6 Å². The number of aromatic nitrogens is 3. The minimum absolute atomic E-state index is 0.301. The SMILES string of the molecule is Cc1cc(C#N)cc(C)c1Oc1cc(-c2ccc(F)cc2)nc2ccnn12. The van der Waals surface area contributed by atoms with E-state index in [1.54, 1.807) is 47.1 Å². The summed E-state index contributed by atoms with van der Waals surface area (Å²) in [4.78, 5) is 4.56. The van der Waals surface area contributed by atoms with E-state index in [1.807, 2.05) is 13.8 Å². The molecular formula is C21H15FN4O. The van der Waals surface area contributed by atoms with Crippen molar-refractivity contribution in [1.82, 2.24) is 14.6 Å². The Morgan fingerprint density at radius 3 is 2.41 bits per heavy atom. The van der Waals surface area contributed by atoms with Gasteiger partial charge in [0.2, 0.25) is 5.88 Å². The molecule has 2 aromatic heterocycles. The van der Waals surface area contributed by atoms with Gasteiger partial charge >= 0.3 is 0 Å². The number of nitrogens with zero attached hydrogens (tertiary/aromatic N) is 4. The fraction of sp³-hybridized carbons (Fsp3) is 0.0952. The summed E-state index contributed by atoms with van der Waals surface area (Å²) >= 11 is 0. The predicted molar refractivity (Wildman–Crippen MR) is 99.1 cm³/mol. The number of nitriles is 1. The van der Waals surface area contributed by atoms with Crippen molar-refractivity contribution in [1.29, 1.82) is 5.26 Å². The lowest BCUT2D eigenvalue weighted by molar-refractivity contribution is 0.440. The number of hydrogen-bond donors (Lipinski definition) is 0. The van der Waals surface area contributed by atoms with E-state index in [1.165, 1.54) is 12.1 Å². The van der Waals surface area contributed by atoms with Gasteiger partial charge < -0.3 is 4.74 Å². The van der Waals surface area contributed by atoms with Gasteiger partial charge in [-0.05, 0) is 61.4 Å². The Kier molecular flexibility index (Phi) is 4.05. The van der Waals surface area contributed by atoms with Gasteiger partial charge in [-0.25, -0.2) is 9.37 Å². The van der Waals surface area contributed by atoms with Crippen LogP contribution in [0.15, 0.2) is 54.7 Å². The van der Waals surface area contributed by atoms with Crippen molar-refractivity contribution in [3.8, 4) is 29.0 Å². The highest BCUT2D eigenvalue weighted by Crippen LogP contribution is 2.32. The van der Waals surface area contributed by atoms with Crippen LogP contribution in [0.4, 0.5) is 4.39 Å². The molecule has 0 saturated heterocycles. The van der Waals surface area contributed by atoms with Gasteiger partial charge in [-0.2, -0.15) is 14.9 Å². The third-order valence-electron chi connectivity index (χ3n) is 4.26. The number of halogens is 1. The van der Waals surface area contributed by atoms with Gasteiger partial charge in [-0.1, -0.05) is 0 Å². The van der Waals surface area contributed by atoms with E-state index in [2.05, 4.69) is 16.2 Å². The molecule has 0 fully saturated rings. The standard InChI is InChI=1S/C21H15FN4O/c1-13-9-15(12-23)10-14(2)21(13)27-20-11-18(16-3-5-17(22)6-4-16)25-19-7-8-24-26(19)20/h3-11H,1-2H3. The zero-order chi connectivity index (χ0) is 19.0. The van der Waals surface area contributed by atoms with E-state index in [-0.39, 0.29) is 5.82 Å². The van der Waals surface area contributed by atoms with Gasteiger partial charge in [0.25, 0.3) is 0 Å². The third-order valence-corrected chi connectivity index (χ3v) is 4.26. The Morgan fingerprint density at radius 1 is 1.04 bits per heavy atom. The summed E-state index contributed by atoms with van der Waals surface area (Å²) in [6.45, 7) is 3.79. The molecule has 0 aliphatic rings. The summed E-state index contributed by atoms with van der Waals surface area (Å²) in [5, 5.41) is 13.4. The van der Waals surface area contributed by atoms with Crippen molar-refractivity contribution in [2.75, 3.05) is 0 Å². The lowest BCUT2D eigenvalue weighted by atomic mass is 10.1. The molecule has 2 heterocycles. The van der Waals surface area contributed by atoms with Crippen molar-refractivity contribution in [3.63, 3.8) is 0 Å². The molecule has 0 spiro atoms. The molecule has 132 valence electrons. The summed E-state index contributed by atoms with van der Waals surface area (Å²) in [6.07, 6.45) is 1.64. The number of aryl methyl sites for hydroxylation is 2. The molecule has 2 aromatic carbocycles. The molecule has 5 nitrogen and oxygen atoms in total. The van der Waals surface area contributed by atoms with Crippen LogP contribution < -0.4 is 4.74 Å². The minimum Gasteiger partial charge on any atom is -0.438 e. The highest BCUT2D eigenvalue weighted by molar-refractivity contribution is 5.63. The van der Waals surface area contributed by atoms with Gasteiger partial charge in [-0.3, -0.25) is 0 Å². The maximum Gasteiger partial charge on any atom is 0.224 e. The Hall–Kier alpha value is -3.72. The number of hydrogen-bond acceptors (Lipinski definition) is 4. The molecular weight excluding hydrogens is 343 g/mol. The molecule has 0 aliphatic heterocycles. The van der Waals surface area contributed by atoms with Crippen LogP contribution in [0.2, 0.25) is 0 Å². The summed E-state index contributed by atoms with van der Waals surface area (Å²) < 4.78 is 21.0. The minimum atomic E-state index is -0.301. The second-order valence-electron chi connectivity index (χ2n) is 6.24. The number of rotatable bonds is 3. The Balaban J connectivity index is 1.83. The first-order chi connectivity index (χ1) is 13.0. The van der Waals surface area contributed by atoms with E-state index in [9.17, 15) is 4.39 Å². The zero-order valence-electron chi connectivity index (χ0n) is 14.8. The van der Waals surface area contributed by atoms with Crippen molar-refractivity contribution >= 4 is 5.65 Å². The van der Waals surface area contributed by atoms with Gasteiger partial charge in [0.05, 0.1) is 23.5 Å². The molecule has 0 aliphatic carbocycles. The number of benzene rings is 2. The molecule has 4 rings (SSSR count). The van der Waals surface area contributed by atoms with Crippen LogP contribution in [-0.2, 0) is 0 Å². The fourth-order valence-electron chi connectivity index (χ4n) is 3.01. The third kappa shape index (κ3) is 3.11. The molecule has 0 amide bonds. The van der Waals surface area contributed by atoms with E-state index >= 15 is 0 Å². The predicted octanol–water partition coefficient (Wildman–Crippen LogP) is 4.82. The zero-order valence-corrected chi connectivity index (χ0v) is 14.8. The molecule has 27 heavy (non-hydrogen) atoms. The van der Waals surface area contributed by atoms with Gasteiger partial charge in [-0.15, -0.1) is 0 Å². The normalized spacial score (nSPS) is 10.7. The number of fused-ring (bicyclic) bond motifs is 1. The van der Waals surface area contributed by atoms with Crippen LogP contribution in [0.25, 0.3) is 16.9 Å². The van der Waals surface area contributed by atoms with E-state index in [0.29, 0.717) is 28.5 Å². The van der Waals surface area contributed by atoms with Crippen molar-refractivity contribution in [2.24, 2.45) is 0 Å². The molecule has 0 unspecified atom stereocenters. The summed E-state index contributed by atoms with van der Waals surface area (Å²) in [7, 11) is 0. The quantitative estimate of drug-likeness (QED) is 0.527. The molecule has 4 aromatic rings. The Bertz CT molecular complexity index is 1170. The lowest BCUT2D eigenvalue weighted by Crippen LogP contribution is -2.01. The smallest absolute Gasteiger partial charge is 0.224 e. The Labute approximate surface area is 155 Å². The topological polar surface area (TPSA) is 63.2 Å². The van der Waals surface area contributed by atoms with Gasteiger partial charge in [0, 0.05) is 17.7 Å². The van der Waals surface area contributed by atoms with Crippen LogP contribution in [0.1, 0.15) is 16.7 Å². The highest BCUT2D eigenvalue weighted by atomic mass is 19.1. The molecule has 0 atom stereocenters. The average Bonchev–Trinajstić information content (AvgIpc) is 3.13. The second-order valence-corrected chi connectivity index (χ2v) is 6.24. The first-order valence-corrected chi connectivity index (χ1v) is 8.35. The monoisotopic (exact) mass is 358 g/mol. The molecule has 0 N–H and O–H groups in total. The largest absolute Gasteiger partial charge is 0.438 e. The van der Waals surface area contributed by atoms with E-state index < -0.39 is 0 Å². The molecule has 0 bridgehead atoms.